The minimum atomic E-state index is -1.05. The topological polar surface area (TPSA) is 60.9 Å². The van der Waals surface area contributed by atoms with Gasteiger partial charge < -0.3 is 10.0 Å². The molecule has 1 aromatic carbocycles. The van der Waals surface area contributed by atoms with Crippen LogP contribution in [0.2, 0.25) is 0 Å². The third kappa shape index (κ3) is 2.95. The number of aliphatic carboxylic acids is 1. The molecule has 1 aromatic rings. The van der Waals surface area contributed by atoms with E-state index in [2.05, 4.69) is 17.0 Å². The van der Waals surface area contributed by atoms with Crippen molar-refractivity contribution in [1.29, 1.82) is 0 Å². The monoisotopic (exact) mass is 414 g/mol. The van der Waals surface area contributed by atoms with Crippen LogP contribution in [0.4, 0.5) is 5.69 Å². The lowest BCUT2D eigenvalue weighted by Gasteiger charge is -2.51. The maximum absolute atomic E-state index is 12.6. The van der Waals surface area contributed by atoms with E-state index in [1.54, 1.807) is 0 Å². The molecule has 2 fully saturated rings. The van der Waals surface area contributed by atoms with Crippen LogP contribution in [0.1, 0.15) is 48.8 Å². The van der Waals surface area contributed by atoms with E-state index in [0.29, 0.717) is 21.3 Å². The van der Waals surface area contributed by atoms with E-state index in [-0.39, 0.29) is 12.5 Å². The van der Waals surface area contributed by atoms with Gasteiger partial charge in [0.25, 0.3) is 5.91 Å². The van der Waals surface area contributed by atoms with Gasteiger partial charge in [0.15, 0.2) is 0 Å². The number of thioether (sulfide) groups is 1. The molecule has 4 aliphatic rings. The van der Waals surface area contributed by atoms with E-state index in [1.807, 2.05) is 6.08 Å². The Labute approximate surface area is 173 Å². The van der Waals surface area contributed by atoms with Crippen molar-refractivity contribution in [3.63, 3.8) is 0 Å². The van der Waals surface area contributed by atoms with E-state index >= 15 is 0 Å². The third-order valence-corrected chi connectivity index (χ3v) is 7.75. The maximum atomic E-state index is 12.6. The molecule has 4 heterocycles. The summed E-state index contributed by atoms with van der Waals surface area (Å²) in [6, 6.07) is 5.83. The highest BCUT2D eigenvalue weighted by Gasteiger charge is 2.39. The third-order valence-electron chi connectivity index (χ3n) is 6.37. The van der Waals surface area contributed by atoms with Crippen molar-refractivity contribution in [2.75, 3.05) is 11.4 Å². The second kappa shape index (κ2) is 6.88. The summed E-state index contributed by atoms with van der Waals surface area (Å²) >= 11 is 6.40. The first-order valence-corrected chi connectivity index (χ1v) is 11.1. The molecule has 4 aliphatic heterocycles. The Bertz CT molecular complexity index is 889. The maximum Gasteiger partial charge on any atom is 0.323 e. The van der Waals surface area contributed by atoms with Crippen molar-refractivity contribution in [3.8, 4) is 0 Å². The Hall–Kier alpha value is -1.86. The minimum Gasteiger partial charge on any atom is -0.480 e. The number of thiocarbonyl (C=S) groups is 1. The number of anilines is 1. The lowest BCUT2D eigenvalue weighted by atomic mass is 9.79. The Balaban J connectivity index is 1.49. The average Bonchev–Trinajstić information content (AvgIpc) is 2.93. The van der Waals surface area contributed by atoms with Crippen molar-refractivity contribution >= 4 is 51.9 Å². The summed E-state index contributed by atoms with van der Waals surface area (Å²) in [6.07, 6.45) is 10.5. The molecule has 146 valence electrons. The zero-order chi connectivity index (χ0) is 19.4. The van der Waals surface area contributed by atoms with Crippen LogP contribution >= 0.6 is 24.0 Å². The molecule has 5 nitrogen and oxygen atoms in total. The lowest BCUT2D eigenvalue weighted by Crippen LogP contribution is -2.51. The first kappa shape index (κ1) is 18.2. The molecule has 0 aromatic heterocycles. The number of carboxylic acids is 1. The lowest BCUT2D eigenvalue weighted by molar-refractivity contribution is -0.140. The van der Waals surface area contributed by atoms with Crippen LogP contribution in [0.5, 0.6) is 0 Å². The summed E-state index contributed by atoms with van der Waals surface area (Å²) in [5.74, 6) is -1.36. The second-order valence-corrected chi connectivity index (χ2v) is 9.75. The molecule has 1 N–H and O–H groups in total. The highest BCUT2D eigenvalue weighted by atomic mass is 32.2. The number of carbonyl (C=O) groups excluding carboxylic acids is 1. The Morgan fingerprint density at radius 3 is 2.43 bits per heavy atom. The molecule has 5 rings (SSSR count). The smallest absolute Gasteiger partial charge is 0.323 e. The fourth-order valence-electron chi connectivity index (χ4n) is 5.25. The standard InChI is InChI=1S/C21H22N2O3S2/c24-18(25)11-22-20(26)17(28-21(22)27)10-12-8-13-4-6-15-2-1-3-16-7-5-14(9-12)19(13)23(15)16/h8-10,15-16H,1-7,11H2,(H,24,25). The number of rotatable bonds is 3. The fourth-order valence-corrected chi connectivity index (χ4v) is 6.50. The number of aryl methyl sites for hydroxylation is 2. The number of nitrogens with zero attached hydrogens (tertiary/aromatic N) is 2. The molecule has 0 spiro atoms. The first-order chi connectivity index (χ1) is 13.5. The Morgan fingerprint density at radius 1 is 1.18 bits per heavy atom. The Kier molecular flexibility index (Phi) is 4.47. The average molecular weight is 415 g/mol. The van der Waals surface area contributed by atoms with Gasteiger partial charge in [-0.05, 0) is 79.8 Å². The van der Waals surface area contributed by atoms with Crippen molar-refractivity contribution in [1.82, 2.24) is 4.90 Å². The van der Waals surface area contributed by atoms with E-state index < -0.39 is 5.97 Å². The van der Waals surface area contributed by atoms with Crippen LogP contribution in [0.15, 0.2) is 17.0 Å². The van der Waals surface area contributed by atoms with Gasteiger partial charge in [0, 0.05) is 17.8 Å². The molecule has 2 atom stereocenters. The molecule has 7 heteroatoms. The van der Waals surface area contributed by atoms with Crippen molar-refractivity contribution < 1.29 is 14.7 Å². The first-order valence-electron chi connectivity index (χ1n) is 9.92. The predicted molar refractivity (Wildman–Crippen MR) is 115 cm³/mol. The van der Waals surface area contributed by atoms with Crippen LogP contribution in [0, 0.1) is 0 Å². The van der Waals surface area contributed by atoms with E-state index in [1.165, 1.54) is 65.6 Å². The van der Waals surface area contributed by atoms with Gasteiger partial charge >= 0.3 is 5.97 Å². The summed E-state index contributed by atoms with van der Waals surface area (Å²) in [7, 11) is 0. The van der Waals surface area contributed by atoms with Gasteiger partial charge in [0.1, 0.15) is 10.9 Å². The van der Waals surface area contributed by atoms with Crippen LogP contribution in [-0.2, 0) is 22.4 Å². The normalized spacial score (nSPS) is 27.4. The summed E-state index contributed by atoms with van der Waals surface area (Å²) in [6.45, 7) is -0.380. The number of carboxylic acid groups (broad SMARTS) is 1. The summed E-state index contributed by atoms with van der Waals surface area (Å²) < 4.78 is 0.317. The highest BCUT2D eigenvalue weighted by molar-refractivity contribution is 8.26. The molecule has 0 radical (unpaired) electrons. The van der Waals surface area contributed by atoms with Gasteiger partial charge in [-0.15, -0.1) is 0 Å². The van der Waals surface area contributed by atoms with E-state index in [9.17, 15) is 9.59 Å². The number of hydrogen-bond donors (Lipinski definition) is 1. The van der Waals surface area contributed by atoms with Gasteiger partial charge in [0.05, 0.1) is 4.91 Å². The van der Waals surface area contributed by atoms with Crippen LogP contribution < -0.4 is 4.90 Å². The molecule has 0 bridgehead atoms. The molecule has 0 saturated carbocycles. The van der Waals surface area contributed by atoms with Gasteiger partial charge in [-0.25, -0.2) is 0 Å². The second-order valence-electron chi connectivity index (χ2n) is 8.07. The van der Waals surface area contributed by atoms with Gasteiger partial charge in [-0.3, -0.25) is 14.5 Å². The number of carbonyl (C=O) groups is 2. The molecule has 2 unspecified atom stereocenters. The molecular weight excluding hydrogens is 392 g/mol. The van der Waals surface area contributed by atoms with Crippen LogP contribution in [0.25, 0.3) is 6.08 Å². The van der Waals surface area contributed by atoms with E-state index in [0.717, 1.165) is 18.4 Å². The Morgan fingerprint density at radius 2 is 1.82 bits per heavy atom. The van der Waals surface area contributed by atoms with E-state index in [4.69, 9.17) is 17.3 Å². The highest BCUT2D eigenvalue weighted by Crippen LogP contribution is 2.45. The number of hydrogen-bond acceptors (Lipinski definition) is 5. The number of benzene rings is 1. The SMILES string of the molecule is O=C(O)CN1C(=O)C(=Cc2cc3c4c(c2)CCC2CCCC(CC3)N42)SC1=S. The molecular formula is C21H22N2O3S2. The summed E-state index contributed by atoms with van der Waals surface area (Å²) in [4.78, 5) is 27.9. The minimum absolute atomic E-state index is 0.306. The molecule has 1 amide bonds. The fraction of sp³-hybridized carbons (Fsp3) is 0.476. The number of piperidine rings is 1. The predicted octanol–water partition coefficient (Wildman–Crippen LogP) is 3.59. The quantitative estimate of drug-likeness (QED) is 0.603. The van der Waals surface area contributed by atoms with Gasteiger partial charge in [0.2, 0.25) is 0 Å². The zero-order valence-corrected chi connectivity index (χ0v) is 17.2. The molecule has 0 aliphatic carbocycles. The number of amides is 1. The largest absolute Gasteiger partial charge is 0.480 e. The van der Waals surface area contributed by atoms with Crippen molar-refractivity contribution in [2.45, 2.75) is 57.0 Å². The van der Waals surface area contributed by atoms with Crippen molar-refractivity contribution in [3.05, 3.63) is 33.7 Å². The van der Waals surface area contributed by atoms with Crippen molar-refractivity contribution in [2.24, 2.45) is 0 Å². The summed E-state index contributed by atoms with van der Waals surface area (Å²) in [5.41, 5.74) is 5.28. The van der Waals surface area contributed by atoms with Gasteiger partial charge in [-0.2, -0.15) is 0 Å². The molecule has 28 heavy (non-hydrogen) atoms. The van der Waals surface area contributed by atoms with Crippen LogP contribution in [-0.4, -0.2) is 44.8 Å². The van der Waals surface area contributed by atoms with Crippen LogP contribution in [0.3, 0.4) is 0 Å². The zero-order valence-electron chi connectivity index (χ0n) is 15.5. The molecule has 2 saturated heterocycles. The van der Waals surface area contributed by atoms with Gasteiger partial charge in [-0.1, -0.05) is 24.0 Å². The summed E-state index contributed by atoms with van der Waals surface area (Å²) in [5, 5.41) is 9.00.